The van der Waals surface area contributed by atoms with Gasteiger partial charge in [-0.15, -0.1) is 0 Å². The minimum absolute atomic E-state index is 0.0548. The van der Waals surface area contributed by atoms with Crippen LogP contribution in [0.1, 0.15) is 95.6 Å². The van der Waals surface area contributed by atoms with Crippen molar-refractivity contribution in [2.45, 2.75) is 90.0 Å². The van der Waals surface area contributed by atoms with E-state index >= 15 is 0 Å². The number of halogens is 1. The molecule has 0 aliphatic heterocycles. The van der Waals surface area contributed by atoms with Crippen molar-refractivity contribution < 1.29 is 4.39 Å². The fourth-order valence-electron chi connectivity index (χ4n) is 2.91. The lowest BCUT2D eigenvalue weighted by atomic mass is 10.00. The Labute approximate surface area is 136 Å². The van der Waals surface area contributed by atoms with E-state index in [9.17, 15) is 4.39 Å². The van der Waals surface area contributed by atoms with Crippen molar-refractivity contribution in [2.75, 3.05) is 0 Å². The second kappa shape index (κ2) is 12.6. The zero-order valence-electron chi connectivity index (χ0n) is 14.3. The van der Waals surface area contributed by atoms with Gasteiger partial charge in [0.15, 0.2) is 0 Å². The average molecular weight is 307 g/mol. The van der Waals surface area contributed by atoms with E-state index in [1.165, 1.54) is 82.8 Å². The van der Waals surface area contributed by atoms with E-state index in [0.717, 1.165) is 12.0 Å². The summed E-state index contributed by atoms with van der Waals surface area (Å²) in [5.74, 6) is -0.189. The van der Waals surface area contributed by atoms with Crippen LogP contribution in [-0.2, 0) is 0 Å². The molecule has 0 bridgehead atoms. The Bertz CT molecular complexity index is 360. The van der Waals surface area contributed by atoms with Gasteiger partial charge < -0.3 is 5.73 Å². The highest BCUT2D eigenvalue weighted by molar-refractivity contribution is 5.19. The van der Waals surface area contributed by atoms with E-state index in [-0.39, 0.29) is 11.9 Å². The second-order valence-corrected chi connectivity index (χ2v) is 6.48. The molecule has 0 aromatic heterocycles. The van der Waals surface area contributed by atoms with Crippen LogP contribution in [0.4, 0.5) is 4.39 Å². The Balaban J connectivity index is 1.92. The number of hydrogen-bond donors (Lipinski definition) is 1. The molecule has 0 saturated carbocycles. The van der Waals surface area contributed by atoms with E-state index in [2.05, 4.69) is 6.92 Å². The molecule has 0 fully saturated rings. The van der Waals surface area contributed by atoms with E-state index in [1.54, 1.807) is 12.1 Å². The van der Waals surface area contributed by atoms with Crippen molar-refractivity contribution in [1.82, 2.24) is 0 Å². The van der Waals surface area contributed by atoms with Gasteiger partial charge in [0.2, 0.25) is 0 Å². The van der Waals surface area contributed by atoms with E-state index in [0.29, 0.717) is 0 Å². The number of rotatable bonds is 13. The minimum atomic E-state index is -0.189. The van der Waals surface area contributed by atoms with Crippen LogP contribution in [0, 0.1) is 5.82 Å². The van der Waals surface area contributed by atoms with Crippen LogP contribution in [0.25, 0.3) is 0 Å². The lowest BCUT2D eigenvalue weighted by Gasteiger charge is -2.11. The normalized spacial score (nSPS) is 12.5. The first kappa shape index (κ1) is 19.2. The summed E-state index contributed by atoms with van der Waals surface area (Å²) in [6.45, 7) is 2.27. The van der Waals surface area contributed by atoms with Gasteiger partial charge in [0.05, 0.1) is 0 Å². The predicted octanol–water partition coefficient (Wildman–Crippen LogP) is 6.53. The molecule has 0 spiro atoms. The quantitative estimate of drug-likeness (QED) is 0.412. The summed E-state index contributed by atoms with van der Waals surface area (Å²) in [5.41, 5.74) is 7.19. The average Bonchev–Trinajstić information content (AvgIpc) is 2.53. The highest BCUT2D eigenvalue weighted by Crippen LogP contribution is 2.18. The molecule has 1 unspecified atom stereocenters. The van der Waals surface area contributed by atoms with Gasteiger partial charge >= 0.3 is 0 Å². The van der Waals surface area contributed by atoms with Crippen molar-refractivity contribution in [3.8, 4) is 0 Å². The van der Waals surface area contributed by atoms with Gasteiger partial charge in [-0.1, -0.05) is 89.7 Å². The molecule has 1 aromatic rings. The first-order valence-electron chi connectivity index (χ1n) is 9.25. The van der Waals surface area contributed by atoms with Crippen molar-refractivity contribution in [1.29, 1.82) is 0 Å². The van der Waals surface area contributed by atoms with Gasteiger partial charge in [0.1, 0.15) is 5.82 Å². The summed E-state index contributed by atoms with van der Waals surface area (Å²) in [6, 6.07) is 6.65. The Morgan fingerprint density at radius 1 is 0.773 bits per heavy atom. The third kappa shape index (κ3) is 9.19. The van der Waals surface area contributed by atoms with Gasteiger partial charge in [0, 0.05) is 6.04 Å². The summed E-state index contributed by atoms with van der Waals surface area (Å²) in [6.07, 6.45) is 15.9. The molecule has 2 N–H and O–H groups in total. The summed E-state index contributed by atoms with van der Waals surface area (Å²) in [5, 5.41) is 0. The predicted molar refractivity (Wildman–Crippen MR) is 94.4 cm³/mol. The smallest absolute Gasteiger partial charge is 0.123 e. The van der Waals surface area contributed by atoms with Gasteiger partial charge in [-0.2, -0.15) is 0 Å². The summed E-state index contributed by atoms with van der Waals surface area (Å²) in [4.78, 5) is 0. The van der Waals surface area contributed by atoms with Crippen molar-refractivity contribution in [2.24, 2.45) is 5.73 Å². The van der Waals surface area contributed by atoms with Gasteiger partial charge in [-0.3, -0.25) is 0 Å². The lowest BCUT2D eigenvalue weighted by molar-refractivity contribution is 0.526. The van der Waals surface area contributed by atoms with Gasteiger partial charge in [0.25, 0.3) is 0 Å². The van der Waals surface area contributed by atoms with Crippen molar-refractivity contribution in [3.63, 3.8) is 0 Å². The maximum Gasteiger partial charge on any atom is 0.123 e. The molecular weight excluding hydrogens is 273 g/mol. The monoisotopic (exact) mass is 307 g/mol. The highest BCUT2D eigenvalue weighted by atomic mass is 19.1. The molecule has 1 aromatic carbocycles. The molecule has 0 radical (unpaired) electrons. The maximum atomic E-state index is 12.9. The number of unbranched alkanes of at least 4 members (excludes halogenated alkanes) is 10. The standard InChI is InChI=1S/C20H34FN/c1-2-3-4-5-6-7-8-9-10-11-12-13-20(22)18-14-16-19(21)17-15-18/h14-17,20H,2-13,22H2,1H3. The number of nitrogens with two attached hydrogens (primary N) is 1. The van der Waals surface area contributed by atoms with Crippen molar-refractivity contribution >= 4 is 0 Å². The van der Waals surface area contributed by atoms with Gasteiger partial charge in [-0.25, -0.2) is 4.39 Å². The van der Waals surface area contributed by atoms with Gasteiger partial charge in [-0.05, 0) is 24.1 Å². The third-order valence-corrected chi connectivity index (χ3v) is 4.42. The molecule has 1 rings (SSSR count). The van der Waals surface area contributed by atoms with Crippen LogP contribution < -0.4 is 5.73 Å². The topological polar surface area (TPSA) is 26.0 Å². The fourth-order valence-corrected chi connectivity index (χ4v) is 2.91. The number of benzene rings is 1. The molecule has 1 atom stereocenters. The largest absolute Gasteiger partial charge is 0.324 e. The van der Waals surface area contributed by atoms with Crippen LogP contribution in [0.2, 0.25) is 0 Å². The Morgan fingerprint density at radius 3 is 1.73 bits per heavy atom. The molecule has 0 amide bonds. The molecule has 22 heavy (non-hydrogen) atoms. The third-order valence-electron chi connectivity index (χ3n) is 4.42. The molecule has 0 aliphatic carbocycles. The summed E-state index contributed by atoms with van der Waals surface area (Å²) >= 11 is 0. The molecule has 0 saturated heterocycles. The SMILES string of the molecule is CCCCCCCCCCCCCC(N)c1ccc(F)cc1. The zero-order chi connectivity index (χ0) is 16.0. The molecule has 0 aliphatic rings. The molecule has 126 valence electrons. The second-order valence-electron chi connectivity index (χ2n) is 6.48. The molecule has 1 nitrogen and oxygen atoms in total. The van der Waals surface area contributed by atoms with Crippen LogP contribution in [0.3, 0.4) is 0 Å². The Hall–Kier alpha value is -0.890. The van der Waals surface area contributed by atoms with E-state index in [4.69, 9.17) is 5.73 Å². The molecular formula is C20H34FN. The number of hydrogen-bond acceptors (Lipinski definition) is 1. The first-order chi connectivity index (χ1) is 10.7. The lowest BCUT2D eigenvalue weighted by Crippen LogP contribution is -2.09. The highest BCUT2D eigenvalue weighted by Gasteiger charge is 2.05. The zero-order valence-corrected chi connectivity index (χ0v) is 14.3. The summed E-state index contributed by atoms with van der Waals surface area (Å²) < 4.78 is 12.9. The first-order valence-corrected chi connectivity index (χ1v) is 9.25. The summed E-state index contributed by atoms with van der Waals surface area (Å²) in [7, 11) is 0. The van der Waals surface area contributed by atoms with Crippen LogP contribution >= 0.6 is 0 Å². The van der Waals surface area contributed by atoms with Crippen LogP contribution in [0.5, 0.6) is 0 Å². The van der Waals surface area contributed by atoms with Crippen LogP contribution in [-0.4, -0.2) is 0 Å². The Kier molecular flexibility index (Phi) is 11.0. The van der Waals surface area contributed by atoms with E-state index in [1.807, 2.05) is 0 Å². The molecule has 0 heterocycles. The van der Waals surface area contributed by atoms with Crippen molar-refractivity contribution in [3.05, 3.63) is 35.6 Å². The molecule has 2 heteroatoms. The van der Waals surface area contributed by atoms with E-state index < -0.39 is 0 Å². The van der Waals surface area contributed by atoms with Crippen LogP contribution in [0.15, 0.2) is 24.3 Å². The minimum Gasteiger partial charge on any atom is -0.324 e. The maximum absolute atomic E-state index is 12.9. The fraction of sp³-hybridized carbons (Fsp3) is 0.700. The Morgan fingerprint density at radius 2 is 1.23 bits per heavy atom.